The summed E-state index contributed by atoms with van der Waals surface area (Å²) in [7, 11) is 0. The van der Waals surface area contributed by atoms with Gasteiger partial charge in [0.25, 0.3) is 0 Å². The third-order valence-corrected chi connectivity index (χ3v) is 4.00. The Bertz CT molecular complexity index is 603. The van der Waals surface area contributed by atoms with Crippen molar-refractivity contribution >= 4 is 29.0 Å². The van der Waals surface area contributed by atoms with Gasteiger partial charge in [-0.3, -0.25) is 4.79 Å². The number of carbonyl (C=O) groups excluding carboxylic acids is 1. The summed E-state index contributed by atoms with van der Waals surface area (Å²) in [6.07, 6.45) is 0.488. The van der Waals surface area contributed by atoms with Gasteiger partial charge in [0.1, 0.15) is 0 Å². The smallest absolute Gasteiger partial charge is 0.225 e. The van der Waals surface area contributed by atoms with Gasteiger partial charge in [0.15, 0.2) is 0 Å². The van der Waals surface area contributed by atoms with Crippen molar-refractivity contribution in [3.05, 3.63) is 53.6 Å². The number of nitrogen functional groups attached to an aromatic ring is 1. The number of anilines is 2. The van der Waals surface area contributed by atoms with Crippen molar-refractivity contribution in [3.8, 4) is 0 Å². The maximum Gasteiger partial charge on any atom is 0.225 e. The predicted molar refractivity (Wildman–Crippen MR) is 90.7 cm³/mol. The van der Waals surface area contributed by atoms with Crippen LogP contribution in [0.1, 0.15) is 17.5 Å². The van der Waals surface area contributed by atoms with Gasteiger partial charge >= 0.3 is 0 Å². The highest BCUT2D eigenvalue weighted by molar-refractivity contribution is 7.99. The van der Waals surface area contributed by atoms with Crippen molar-refractivity contribution in [2.75, 3.05) is 16.8 Å². The second kappa shape index (κ2) is 7.18. The minimum Gasteiger partial charge on any atom is -0.399 e. The molecule has 0 saturated carbocycles. The van der Waals surface area contributed by atoms with E-state index in [4.69, 9.17) is 5.73 Å². The molecule has 0 spiro atoms. The molecule has 2 aromatic carbocycles. The molecule has 0 saturated heterocycles. The molecule has 0 aliphatic rings. The quantitative estimate of drug-likeness (QED) is 0.648. The number of aryl methyl sites for hydroxylation is 2. The van der Waals surface area contributed by atoms with Crippen LogP contribution >= 0.6 is 11.8 Å². The van der Waals surface area contributed by atoms with Gasteiger partial charge in [-0.2, -0.15) is 0 Å². The zero-order chi connectivity index (χ0) is 15.2. The maximum absolute atomic E-state index is 11.9. The lowest BCUT2D eigenvalue weighted by molar-refractivity contribution is -0.115. The van der Waals surface area contributed by atoms with E-state index in [1.165, 1.54) is 0 Å². The van der Waals surface area contributed by atoms with E-state index >= 15 is 0 Å². The third kappa shape index (κ3) is 5.16. The number of benzene rings is 2. The Labute approximate surface area is 129 Å². The molecule has 110 valence electrons. The third-order valence-electron chi connectivity index (χ3n) is 2.98. The first-order valence-corrected chi connectivity index (χ1v) is 7.88. The summed E-state index contributed by atoms with van der Waals surface area (Å²) in [5.74, 6) is 0.795. The van der Waals surface area contributed by atoms with Gasteiger partial charge in [-0.05, 0) is 61.4 Å². The minimum absolute atomic E-state index is 0.0444. The van der Waals surface area contributed by atoms with Crippen molar-refractivity contribution in [3.63, 3.8) is 0 Å². The van der Waals surface area contributed by atoms with E-state index in [2.05, 4.69) is 11.4 Å². The standard InChI is InChI=1S/C17H20N2OS/c1-12-9-13(2)11-15(10-12)19-17(20)7-8-21-16-5-3-14(18)4-6-16/h3-6,9-11H,7-8,18H2,1-2H3,(H,19,20). The minimum atomic E-state index is 0.0444. The second-order valence-corrected chi connectivity index (χ2v) is 6.26. The normalized spacial score (nSPS) is 10.4. The predicted octanol–water partition coefficient (Wildman–Crippen LogP) is 4.01. The Kier molecular flexibility index (Phi) is 5.28. The molecule has 4 heteroatoms. The van der Waals surface area contributed by atoms with E-state index in [-0.39, 0.29) is 5.91 Å². The fourth-order valence-electron chi connectivity index (χ4n) is 2.10. The monoisotopic (exact) mass is 300 g/mol. The van der Waals surface area contributed by atoms with E-state index in [0.29, 0.717) is 6.42 Å². The molecule has 21 heavy (non-hydrogen) atoms. The SMILES string of the molecule is Cc1cc(C)cc(NC(=O)CCSc2ccc(N)cc2)c1. The van der Waals surface area contributed by atoms with Crippen LogP contribution in [0.3, 0.4) is 0 Å². The number of rotatable bonds is 5. The number of thioether (sulfide) groups is 1. The molecule has 3 N–H and O–H groups in total. The highest BCUT2D eigenvalue weighted by Crippen LogP contribution is 2.20. The van der Waals surface area contributed by atoms with E-state index < -0.39 is 0 Å². The van der Waals surface area contributed by atoms with Crippen molar-refractivity contribution in [2.45, 2.75) is 25.2 Å². The molecule has 0 aliphatic carbocycles. The molecule has 1 amide bonds. The Morgan fingerprint density at radius 3 is 2.33 bits per heavy atom. The van der Waals surface area contributed by atoms with E-state index in [1.807, 2.05) is 50.2 Å². The second-order valence-electron chi connectivity index (χ2n) is 5.09. The van der Waals surface area contributed by atoms with Crippen molar-refractivity contribution in [1.29, 1.82) is 0 Å². The first kappa shape index (κ1) is 15.4. The molecule has 0 bridgehead atoms. The zero-order valence-corrected chi connectivity index (χ0v) is 13.2. The lowest BCUT2D eigenvalue weighted by Crippen LogP contribution is -2.12. The number of carbonyl (C=O) groups is 1. The van der Waals surface area contributed by atoms with Crippen LogP contribution in [0.15, 0.2) is 47.4 Å². The highest BCUT2D eigenvalue weighted by Gasteiger charge is 2.04. The average Bonchev–Trinajstić information content (AvgIpc) is 2.39. The van der Waals surface area contributed by atoms with Crippen LogP contribution in [-0.4, -0.2) is 11.7 Å². The largest absolute Gasteiger partial charge is 0.399 e. The summed E-state index contributed by atoms with van der Waals surface area (Å²) in [6, 6.07) is 13.8. The summed E-state index contributed by atoms with van der Waals surface area (Å²) in [5.41, 5.74) is 9.58. The molecule has 0 aliphatic heterocycles. The van der Waals surface area contributed by atoms with Crippen LogP contribution in [0.2, 0.25) is 0 Å². The molecular weight excluding hydrogens is 280 g/mol. The van der Waals surface area contributed by atoms with Gasteiger partial charge in [-0.15, -0.1) is 11.8 Å². The summed E-state index contributed by atoms with van der Waals surface area (Å²) >= 11 is 1.66. The molecule has 2 aromatic rings. The number of hydrogen-bond acceptors (Lipinski definition) is 3. The van der Waals surface area contributed by atoms with Crippen LogP contribution < -0.4 is 11.1 Å². The van der Waals surface area contributed by atoms with E-state index in [0.717, 1.165) is 33.2 Å². The average molecular weight is 300 g/mol. The number of nitrogens with two attached hydrogens (primary N) is 1. The fraction of sp³-hybridized carbons (Fsp3) is 0.235. The zero-order valence-electron chi connectivity index (χ0n) is 12.3. The molecule has 0 aromatic heterocycles. The molecule has 0 heterocycles. The molecule has 0 radical (unpaired) electrons. The lowest BCUT2D eigenvalue weighted by atomic mass is 10.1. The lowest BCUT2D eigenvalue weighted by Gasteiger charge is -2.07. The summed E-state index contributed by atoms with van der Waals surface area (Å²) in [4.78, 5) is 13.1. The highest BCUT2D eigenvalue weighted by atomic mass is 32.2. The maximum atomic E-state index is 11.9. The van der Waals surface area contributed by atoms with Gasteiger partial charge in [0.2, 0.25) is 5.91 Å². The molecule has 2 rings (SSSR count). The Morgan fingerprint density at radius 2 is 1.71 bits per heavy atom. The van der Waals surface area contributed by atoms with Gasteiger partial charge < -0.3 is 11.1 Å². The molecule has 0 atom stereocenters. The van der Waals surface area contributed by atoms with Crippen LogP contribution in [0.5, 0.6) is 0 Å². The first-order chi connectivity index (χ1) is 10.0. The molecule has 0 unspecified atom stereocenters. The van der Waals surface area contributed by atoms with Crippen LogP contribution in [0.25, 0.3) is 0 Å². The van der Waals surface area contributed by atoms with E-state index in [1.54, 1.807) is 11.8 Å². The number of hydrogen-bond donors (Lipinski definition) is 2. The number of amides is 1. The van der Waals surface area contributed by atoms with Crippen LogP contribution in [0, 0.1) is 13.8 Å². The van der Waals surface area contributed by atoms with Crippen LogP contribution in [0.4, 0.5) is 11.4 Å². The number of nitrogens with one attached hydrogen (secondary N) is 1. The summed E-state index contributed by atoms with van der Waals surface area (Å²) in [5, 5.41) is 2.95. The molecule has 3 nitrogen and oxygen atoms in total. The van der Waals surface area contributed by atoms with Gasteiger partial charge in [0.05, 0.1) is 0 Å². The van der Waals surface area contributed by atoms with Gasteiger partial charge in [0, 0.05) is 28.4 Å². The van der Waals surface area contributed by atoms with Crippen molar-refractivity contribution in [1.82, 2.24) is 0 Å². The Hall–Kier alpha value is -1.94. The van der Waals surface area contributed by atoms with Gasteiger partial charge in [-0.1, -0.05) is 6.07 Å². The van der Waals surface area contributed by atoms with Crippen molar-refractivity contribution in [2.24, 2.45) is 0 Å². The molecular formula is C17H20N2OS. The topological polar surface area (TPSA) is 55.1 Å². The first-order valence-electron chi connectivity index (χ1n) is 6.89. The van der Waals surface area contributed by atoms with E-state index in [9.17, 15) is 4.79 Å². The van der Waals surface area contributed by atoms with Crippen molar-refractivity contribution < 1.29 is 4.79 Å². The van der Waals surface area contributed by atoms with Crippen LogP contribution in [-0.2, 0) is 4.79 Å². The fourth-order valence-corrected chi connectivity index (χ4v) is 2.95. The Balaban J connectivity index is 1.80. The molecule has 0 fully saturated rings. The summed E-state index contributed by atoms with van der Waals surface area (Å²) in [6.45, 7) is 4.05. The summed E-state index contributed by atoms with van der Waals surface area (Å²) < 4.78 is 0. The van der Waals surface area contributed by atoms with Gasteiger partial charge in [-0.25, -0.2) is 0 Å². The Morgan fingerprint density at radius 1 is 1.10 bits per heavy atom.